The molecule has 1 saturated heterocycles. The molecule has 1 heterocycles. The van der Waals surface area contributed by atoms with Crippen molar-refractivity contribution in [2.24, 2.45) is 11.7 Å². The molecule has 0 aromatic rings. The maximum Gasteiger partial charge on any atom is 0.0730 e. The molecule has 2 rings (SSSR count). The fourth-order valence-electron chi connectivity index (χ4n) is 2.96. The van der Waals surface area contributed by atoms with Crippen molar-refractivity contribution < 1.29 is 4.74 Å². The molecule has 94 valence electrons. The van der Waals surface area contributed by atoms with Crippen LogP contribution in [0.5, 0.6) is 0 Å². The van der Waals surface area contributed by atoms with Gasteiger partial charge >= 0.3 is 0 Å². The van der Waals surface area contributed by atoms with Gasteiger partial charge in [0.15, 0.2) is 0 Å². The van der Waals surface area contributed by atoms with Crippen LogP contribution in [0.3, 0.4) is 0 Å². The number of hydrogen-bond acceptors (Lipinski definition) is 3. The largest absolute Gasteiger partial charge is 0.375 e. The number of nitrogens with zero attached hydrogens (tertiary/aromatic N) is 1. The molecule has 0 spiro atoms. The van der Waals surface area contributed by atoms with Crippen LogP contribution in [0, 0.1) is 5.92 Å². The highest BCUT2D eigenvalue weighted by atomic mass is 16.5. The third-order valence-electron chi connectivity index (χ3n) is 4.16. The van der Waals surface area contributed by atoms with E-state index in [2.05, 4.69) is 11.8 Å². The Morgan fingerprint density at radius 2 is 2.19 bits per heavy atom. The van der Waals surface area contributed by atoms with Gasteiger partial charge in [-0.15, -0.1) is 0 Å². The van der Waals surface area contributed by atoms with Crippen molar-refractivity contribution in [3.63, 3.8) is 0 Å². The molecule has 3 atom stereocenters. The number of fused-ring (bicyclic) bond motifs is 1. The van der Waals surface area contributed by atoms with Gasteiger partial charge in [-0.3, -0.25) is 4.90 Å². The summed E-state index contributed by atoms with van der Waals surface area (Å²) in [7, 11) is 0. The monoisotopic (exact) mass is 226 g/mol. The van der Waals surface area contributed by atoms with E-state index in [0.717, 1.165) is 19.7 Å². The molecule has 2 fully saturated rings. The maximum atomic E-state index is 5.88. The summed E-state index contributed by atoms with van der Waals surface area (Å²) in [5.74, 6) is 0.657. The summed E-state index contributed by atoms with van der Waals surface area (Å²) < 4.78 is 5.88. The summed E-state index contributed by atoms with van der Waals surface area (Å²) in [6, 6.07) is 0.701. The van der Waals surface area contributed by atoms with E-state index in [9.17, 15) is 0 Å². The number of ether oxygens (including phenoxy) is 1. The average molecular weight is 226 g/mol. The summed E-state index contributed by atoms with van der Waals surface area (Å²) in [6.45, 7) is 6.33. The van der Waals surface area contributed by atoms with E-state index in [4.69, 9.17) is 10.5 Å². The fourth-order valence-corrected chi connectivity index (χ4v) is 2.96. The highest BCUT2D eigenvalue weighted by Gasteiger charge is 2.33. The van der Waals surface area contributed by atoms with Gasteiger partial charge in [0.2, 0.25) is 0 Å². The van der Waals surface area contributed by atoms with E-state index in [1.807, 2.05) is 0 Å². The molecule has 0 aromatic carbocycles. The third kappa shape index (κ3) is 2.96. The standard InChI is InChI=1S/C13H26N2O/c1-11(10-14)6-7-15-8-9-16-13-5-3-2-4-12(13)15/h11-13H,2-10,14H2,1H3. The van der Waals surface area contributed by atoms with Gasteiger partial charge in [0.05, 0.1) is 12.7 Å². The van der Waals surface area contributed by atoms with Gasteiger partial charge in [0.1, 0.15) is 0 Å². The predicted octanol–water partition coefficient (Wildman–Crippen LogP) is 1.61. The first kappa shape index (κ1) is 12.3. The summed E-state index contributed by atoms with van der Waals surface area (Å²) in [4.78, 5) is 2.65. The normalized spacial score (nSPS) is 33.4. The van der Waals surface area contributed by atoms with Crippen molar-refractivity contribution in [3.05, 3.63) is 0 Å². The number of rotatable bonds is 4. The summed E-state index contributed by atoms with van der Waals surface area (Å²) >= 11 is 0. The summed E-state index contributed by atoms with van der Waals surface area (Å²) in [6.07, 6.45) is 7.10. The molecule has 3 heteroatoms. The van der Waals surface area contributed by atoms with Gasteiger partial charge in [-0.05, 0) is 38.3 Å². The van der Waals surface area contributed by atoms with E-state index >= 15 is 0 Å². The van der Waals surface area contributed by atoms with Crippen LogP contribution in [-0.2, 0) is 4.74 Å². The van der Waals surface area contributed by atoms with Crippen LogP contribution in [0.1, 0.15) is 39.0 Å². The Balaban J connectivity index is 1.82. The van der Waals surface area contributed by atoms with Crippen molar-refractivity contribution in [3.8, 4) is 0 Å². The quantitative estimate of drug-likeness (QED) is 0.791. The zero-order valence-corrected chi connectivity index (χ0v) is 10.5. The topological polar surface area (TPSA) is 38.5 Å². The smallest absolute Gasteiger partial charge is 0.0730 e. The van der Waals surface area contributed by atoms with Crippen LogP contribution >= 0.6 is 0 Å². The summed E-state index contributed by atoms with van der Waals surface area (Å²) in [5, 5.41) is 0. The van der Waals surface area contributed by atoms with Crippen LogP contribution in [0.25, 0.3) is 0 Å². The Labute approximate surface area is 99.3 Å². The van der Waals surface area contributed by atoms with Gasteiger partial charge in [-0.1, -0.05) is 19.8 Å². The molecule has 16 heavy (non-hydrogen) atoms. The van der Waals surface area contributed by atoms with Crippen LogP contribution in [0.2, 0.25) is 0 Å². The fraction of sp³-hybridized carbons (Fsp3) is 1.00. The minimum absolute atomic E-state index is 0.524. The van der Waals surface area contributed by atoms with Gasteiger partial charge in [0, 0.05) is 12.6 Å². The Kier molecular flexibility index (Phi) is 4.62. The molecule has 0 aromatic heterocycles. The average Bonchev–Trinajstić information content (AvgIpc) is 2.35. The Hall–Kier alpha value is -0.120. The minimum Gasteiger partial charge on any atom is -0.375 e. The Bertz CT molecular complexity index is 208. The lowest BCUT2D eigenvalue weighted by Crippen LogP contribution is -2.53. The first-order chi connectivity index (χ1) is 7.81. The van der Waals surface area contributed by atoms with Gasteiger partial charge in [-0.2, -0.15) is 0 Å². The van der Waals surface area contributed by atoms with Crippen molar-refractivity contribution in [2.45, 2.75) is 51.2 Å². The number of hydrogen-bond donors (Lipinski definition) is 1. The van der Waals surface area contributed by atoms with Crippen LogP contribution in [-0.4, -0.2) is 43.3 Å². The second-order valence-electron chi connectivity index (χ2n) is 5.43. The van der Waals surface area contributed by atoms with E-state index in [0.29, 0.717) is 18.1 Å². The lowest BCUT2D eigenvalue weighted by Gasteiger charge is -2.44. The zero-order valence-electron chi connectivity index (χ0n) is 10.5. The third-order valence-corrected chi connectivity index (χ3v) is 4.16. The van der Waals surface area contributed by atoms with E-state index in [1.165, 1.54) is 38.6 Å². The van der Waals surface area contributed by atoms with Crippen LogP contribution in [0.15, 0.2) is 0 Å². The Morgan fingerprint density at radius 1 is 1.38 bits per heavy atom. The lowest BCUT2D eigenvalue weighted by molar-refractivity contribution is -0.0889. The van der Waals surface area contributed by atoms with Gasteiger partial charge in [-0.25, -0.2) is 0 Å². The van der Waals surface area contributed by atoms with Gasteiger partial charge < -0.3 is 10.5 Å². The van der Waals surface area contributed by atoms with E-state index in [-0.39, 0.29) is 0 Å². The molecule has 3 nitrogen and oxygen atoms in total. The second kappa shape index (κ2) is 5.99. The minimum atomic E-state index is 0.524. The highest BCUT2D eigenvalue weighted by molar-refractivity contribution is 4.87. The zero-order chi connectivity index (χ0) is 11.4. The first-order valence-electron chi connectivity index (χ1n) is 6.87. The van der Waals surface area contributed by atoms with Crippen LogP contribution < -0.4 is 5.73 Å². The molecule has 0 radical (unpaired) electrons. The predicted molar refractivity (Wildman–Crippen MR) is 66.4 cm³/mol. The molecular formula is C13H26N2O. The van der Waals surface area contributed by atoms with Crippen molar-refractivity contribution >= 4 is 0 Å². The van der Waals surface area contributed by atoms with Crippen molar-refractivity contribution in [2.75, 3.05) is 26.2 Å². The van der Waals surface area contributed by atoms with E-state index < -0.39 is 0 Å². The molecule has 0 bridgehead atoms. The van der Waals surface area contributed by atoms with Crippen LogP contribution in [0.4, 0.5) is 0 Å². The lowest BCUT2D eigenvalue weighted by atomic mass is 9.90. The second-order valence-corrected chi connectivity index (χ2v) is 5.43. The van der Waals surface area contributed by atoms with Crippen molar-refractivity contribution in [1.29, 1.82) is 0 Å². The highest BCUT2D eigenvalue weighted by Crippen LogP contribution is 2.28. The molecule has 0 amide bonds. The molecule has 1 saturated carbocycles. The molecule has 2 aliphatic rings. The maximum absolute atomic E-state index is 5.88. The van der Waals surface area contributed by atoms with Gasteiger partial charge in [0.25, 0.3) is 0 Å². The molecule has 1 aliphatic carbocycles. The Morgan fingerprint density at radius 3 is 3.00 bits per heavy atom. The molecule has 2 N–H and O–H groups in total. The van der Waals surface area contributed by atoms with Crippen molar-refractivity contribution in [1.82, 2.24) is 4.90 Å². The molecular weight excluding hydrogens is 200 g/mol. The number of morpholine rings is 1. The van der Waals surface area contributed by atoms with E-state index in [1.54, 1.807) is 0 Å². The number of nitrogens with two attached hydrogens (primary N) is 1. The SMILES string of the molecule is CC(CN)CCN1CCOC2CCCCC21. The molecule has 3 unspecified atom stereocenters. The molecule has 1 aliphatic heterocycles. The summed E-state index contributed by atoms with van der Waals surface area (Å²) in [5.41, 5.74) is 5.68. The first-order valence-corrected chi connectivity index (χ1v) is 6.87.